The van der Waals surface area contributed by atoms with E-state index in [1.807, 2.05) is 0 Å². The summed E-state index contributed by atoms with van der Waals surface area (Å²) < 4.78 is 0. The van der Waals surface area contributed by atoms with Crippen LogP contribution in [-0.2, 0) is 6.42 Å². The highest BCUT2D eigenvalue weighted by molar-refractivity contribution is 5.39. The molecule has 0 aliphatic carbocycles. The van der Waals surface area contributed by atoms with E-state index in [-0.39, 0.29) is 0 Å². The van der Waals surface area contributed by atoms with Gasteiger partial charge in [-0.1, -0.05) is 79.7 Å². The average molecular weight is 391 g/mol. The van der Waals surface area contributed by atoms with Crippen molar-refractivity contribution in [2.75, 3.05) is 0 Å². The molecule has 158 valence electrons. The molecule has 4 unspecified atom stereocenters. The molecule has 0 amide bonds. The van der Waals surface area contributed by atoms with E-state index in [1.165, 1.54) is 46.2 Å². The zero-order valence-corrected chi connectivity index (χ0v) is 20.2. The van der Waals surface area contributed by atoms with E-state index in [1.54, 1.807) is 0 Å². The minimum atomic E-state index is 0.559. The van der Waals surface area contributed by atoms with Crippen LogP contribution in [0.3, 0.4) is 0 Å². The second-order valence-electron chi connectivity index (χ2n) is 9.20. The molecule has 0 aliphatic rings. The summed E-state index contributed by atoms with van der Waals surface area (Å²) in [6, 6.07) is 17.1. The smallest absolute Gasteiger partial charge is 0.00130 e. The summed E-state index contributed by atoms with van der Waals surface area (Å²) in [5.41, 5.74) is 8.34. The number of benzene rings is 2. The lowest BCUT2D eigenvalue weighted by molar-refractivity contribution is 0.705. The van der Waals surface area contributed by atoms with Gasteiger partial charge in [-0.3, -0.25) is 0 Å². The first kappa shape index (κ1) is 23.7. The van der Waals surface area contributed by atoms with Crippen molar-refractivity contribution < 1.29 is 0 Å². The third kappa shape index (κ3) is 6.21. The molecule has 2 aromatic carbocycles. The molecular weight excluding hydrogens is 348 g/mol. The lowest BCUT2D eigenvalue weighted by atomic mass is 9.86. The molecule has 0 fully saturated rings. The van der Waals surface area contributed by atoms with Gasteiger partial charge in [0.2, 0.25) is 0 Å². The zero-order valence-electron chi connectivity index (χ0n) is 20.2. The lowest BCUT2D eigenvalue weighted by Gasteiger charge is -2.19. The van der Waals surface area contributed by atoms with E-state index in [4.69, 9.17) is 0 Å². The Balaban J connectivity index is 2.48. The topological polar surface area (TPSA) is 0 Å². The van der Waals surface area contributed by atoms with Gasteiger partial charge < -0.3 is 0 Å². The van der Waals surface area contributed by atoms with Crippen molar-refractivity contribution in [3.05, 3.63) is 69.8 Å². The highest BCUT2D eigenvalue weighted by Gasteiger charge is 2.14. The van der Waals surface area contributed by atoms with E-state index in [0.29, 0.717) is 23.7 Å². The molecule has 29 heavy (non-hydrogen) atoms. The third-order valence-electron chi connectivity index (χ3n) is 6.97. The van der Waals surface area contributed by atoms with Crippen LogP contribution in [0.15, 0.2) is 24.3 Å². The molecule has 0 N–H and O–H groups in total. The molecule has 0 saturated carbocycles. The van der Waals surface area contributed by atoms with Gasteiger partial charge in [-0.2, -0.15) is 0 Å². The van der Waals surface area contributed by atoms with Gasteiger partial charge in [0.1, 0.15) is 0 Å². The Kier molecular flexibility index (Phi) is 9.00. The first-order valence-electron chi connectivity index (χ1n) is 11.9. The second kappa shape index (κ2) is 11.0. The van der Waals surface area contributed by atoms with Gasteiger partial charge in [0.25, 0.3) is 0 Å². The Bertz CT molecular complexity index is 648. The van der Waals surface area contributed by atoms with Gasteiger partial charge in [-0.15, -0.1) is 0 Å². The molecule has 2 rings (SSSR count). The normalized spacial score (nSPS) is 15.7. The Hall–Kier alpha value is -1.56. The largest absolute Gasteiger partial charge is 0.0648 e. The van der Waals surface area contributed by atoms with Crippen molar-refractivity contribution in [2.45, 2.75) is 111 Å². The highest BCUT2D eigenvalue weighted by Crippen LogP contribution is 2.30. The number of hydrogen-bond donors (Lipinski definition) is 0. The summed E-state index contributed by atoms with van der Waals surface area (Å²) in [4.78, 5) is 0. The standard InChI is InChI=1S/C29H42/c1-9-20(5)26-14-24(15-27(18-26)21(6)10-2)13-25-16-28(22(7)11-3)19-29(17-25)23(8)12-4/h14,16,18-23H,9-13H2,1-8H3. The molecule has 0 saturated heterocycles. The van der Waals surface area contributed by atoms with Crippen LogP contribution in [0.2, 0.25) is 0 Å². The molecule has 2 radical (unpaired) electrons. The first-order valence-corrected chi connectivity index (χ1v) is 11.9. The lowest BCUT2D eigenvalue weighted by Crippen LogP contribution is -2.03. The molecule has 0 aromatic heterocycles. The van der Waals surface area contributed by atoms with Gasteiger partial charge >= 0.3 is 0 Å². The predicted octanol–water partition coefficient (Wildman–Crippen LogP) is 8.93. The Morgan fingerprint density at radius 3 is 1.21 bits per heavy atom. The van der Waals surface area contributed by atoms with Crippen molar-refractivity contribution >= 4 is 0 Å². The van der Waals surface area contributed by atoms with E-state index < -0.39 is 0 Å². The molecule has 0 bridgehead atoms. The Morgan fingerprint density at radius 1 is 0.552 bits per heavy atom. The molecule has 0 heteroatoms. The van der Waals surface area contributed by atoms with Gasteiger partial charge in [-0.25, -0.2) is 0 Å². The maximum absolute atomic E-state index is 3.77. The molecule has 0 spiro atoms. The summed E-state index contributed by atoms with van der Waals surface area (Å²) >= 11 is 0. The van der Waals surface area contributed by atoms with E-state index in [9.17, 15) is 0 Å². The fourth-order valence-electron chi connectivity index (χ4n) is 3.77. The fourth-order valence-corrected chi connectivity index (χ4v) is 3.77. The van der Waals surface area contributed by atoms with Gasteiger partial charge in [-0.05, 0) is 101 Å². The molecule has 0 aliphatic heterocycles. The van der Waals surface area contributed by atoms with E-state index in [0.717, 1.165) is 19.3 Å². The van der Waals surface area contributed by atoms with Crippen LogP contribution in [0, 0.1) is 12.1 Å². The van der Waals surface area contributed by atoms with Crippen molar-refractivity contribution in [3.63, 3.8) is 0 Å². The Morgan fingerprint density at radius 2 is 0.897 bits per heavy atom. The van der Waals surface area contributed by atoms with Crippen LogP contribution in [0.4, 0.5) is 0 Å². The van der Waals surface area contributed by atoms with Crippen LogP contribution >= 0.6 is 0 Å². The molecule has 0 nitrogen and oxygen atoms in total. The van der Waals surface area contributed by atoms with Crippen LogP contribution < -0.4 is 0 Å². The van der Waals surface area contributed by atoms with E-state index >= 15 is 0 Å². The van der Waals surface area contributed by atoms with Crippen molar-refractivity contribution in [3.8, 4) is 0 Å². The highest BCUT2D eigenvalue weighted by atomic mass is 14.2. The molecule has 0 heterocycles. The van der Waals surface area contributed by atoms with Gasteiger partial charge in [0.15, 0.2) is 0 Å². The average Bonchev–Trinajstić information content (AvgIpc) is 2.76. The maximum atomic E-state index is 3.77. The third-order valence-corrected chi connectivity index (χ3v) is 6.97. The van der Waals surface area contributed by atoms with Gasteiger partial charge in [0.05, 0.1) is 0 Å². The van der Waals surface area contributed by atoms with Crippen molar-refractivity contribution in [1.82, 2.24) is 0 Å². The van der Waals surface area contributed by atoms with Crippen LogP contribution in [0.5, 0.6) is 0 Å². The van der Waals surface area contributed by atoms with Crippen molar-refractivity contribution in [2.24, 2.45) is 0 Å². The number of rotatable bonds is 10. The summed E-state index contributed by atoms with van der Waals surface area (Å²) in [6.45, 7) is 18.5. The maximum Gasteiger partial charge on any atom is -0.00130 e. The summed E-state index contributed by atoms with van der Waals surface area (Å²) in [7, 11) is 0. The Labute approximate surface area is 181 Å². The quantitative estimate of drug-likeness (QED) is 0.380. The van der Waals surface area contributed by atoms with Crippen LogP contribution in [0.1, 0.15) is 138 Å². The SMILES string of the molecule is CCC(C)c1[c]c(Cc2[c]c(C(C)CC)cc(C(C)CC)c2)cc(C(C)CC)c1. The molecular formula is C29H42. The summed E-state index contributed by atoms with van der Waals surface area (Å²) in [6.07, 6.45) is 5.61. The first-order chi connectivity index (χ1) is 13.8. The summed E-state index contributed by atoms with van der Waals surface area (Å²) in [5.74, 6) is 2.31. The minimum Gasteiger partial charge on any atom is -0.0648 e. The van der Waals surface area contributed by atoms with Crippen LogP contribution in [-0.4, -0.2) is 0 Å². The van der Waals surface area contributed by atoms with Gasteiger partial charge in [0, 0.05) is 0 Å². The predicted molar refractivity (Wildman–Crippen MR) is 128 cm³/mol. The monoisotopic (exact) mass is 390 g/mol. The molecule has 4 atom stereocenters. The molecule has 2 aromatic rings. The van der Waals surface area contributed by atoms with E-state index in [2.05, 4.69) is 91.8 Å². The number of hydrogen-bond acceptors (Lipinski definition) is 0. The zero-order chi connectivity index (χ0) is 21.6. The fraction of sp³-hybridized carbons (Fsp3) is 0.586. The second-order valence-corrected chi connectivity index (χ2v) is 9.20. The van der Waals surface area contributed by atoms with Crippen molar-refractivity contribution in [1.29, 1.82) is 0 Å². The minimum absolute atomic E-state index is 0.559. The van der Waals surface area contributed by atoms with Crippen LogP contribution in [0.25, 0.3) is 0 Å². The summed E-state index contributed by atoms with van der Waals surface area (Å²) in [5, 5.41) is 0.